The molecule has 0 bridgehead atoms. The molecule has 0 amide bonds. The molecule has 90 heavy (non-hydrogen) atoms. The summed E-state index contributed by atoms with van der Waals surface area (Å²) in [4.78, 5) is 98.7. The Kier molecular flexibility index (Phi) is 37.9. The lowest BCUT2D eigenvalue weighted by Gasteiger charge is -2.47. The van der Waals surface area contributed by atoms with E-state index in [1.807, 2.05) is 0 Å². The van der Waals surface area contributed by atoms with Gasteiger partial charge in [0.1, 0.15) is 73.1 Å². The van der Waals surface area contributed by atoms with Gasteiger partial charge in [0.05, 0.1) is 77.4 Å². The molecule has 0 radical (unpaired) electrons. The van der Waals surface area contributed by atoms with E-state index in [0.717, 1.165) is 21.6 Å². The summed E-state index contributed by atoms with van der Waals surface area (Å²) >= 11 is 0. The van der Waals surface area contributed by atoms with Crippen LogP contribution in [0.2, 0.25) is 0 Å². The molecule has 522 valence electrons. The van der Waals surface area contributed by atoms with Crippen molar-refractivity contribution in [1.82, 2.24) is 35.1 Å². The van der Waals surface area contributed by atoms with E-state index in [2.05, 4.69) is 10.6 Å². The number of nitrogens with zero attached hydrogens (tertiary/aromatic N) is 5. The van der Waals surface area contributed by atoms with Crippen molar-refractivity contribution in [2.45, 2.75) is 149 Å². The Balaban J connectivity index is 2.13. The van der Waals surface area contributed by atoms with Gasteiger partial charge in [0.2, 0.25) is 0 Å². The fraction of sp³-hybridized carbons (Fsp3) is 0.846. The molecule has 0 saturated carbocycles. The number of likely N-dealkylation sites (N-methyl/N-ethyl adjacent to an activating group) is 1. The van der Waals surface area contributed by atoms with E-state index in [0.29, 0.717) is 19.3 Å². The minimum atomic E-state index is -2.11. The first-order valence-corrected chi connectivity index (χ1v) is 29.0. The van der Waals surface area contributed by atoms with Crippen LogP contribution < -0.4 is 10.6 Å². The van der Waals surface area contributed by atoms with Crippen molar-refractivity contribution in [3.05, 3.63) is 0 Å². The number of rotatable bonds is 51. The predicted octanol–water partition coefficient (Wildman–Crippen LogP) is -9.44. The molecule has 2 rings (SSSR count). The van der Waals surface area contributed by atoms with Gasteiger partial charge in [0, 0.05) is 52.4 Å². The number of unbranched alkanes of at least 4 members (excludes halogenated alkanes) is 2. The average Bonchev–Trinajstić information content (AvgIpc) is 0.815. The van der Waals surface area contributed by atoms with Crippen molar-refractivity contribution >= 4 is 47.8 Å². The number of carboxylic acids is 8. The van der Waals surface area contributed by atoms with E-state index in [-0.39, 0.29) is 84.7 Å². The molecule has 2 fully saturated rings. The van der Waals surface area contributed by atoms with Crippen molar-refractivity contribution < 1.29 is 154 Å². The largest absolute Gasteiger partial charge is 0.480 e. The molecule has 38 nitrogen and oxygen atoms in total. The van der Waals surface area contributed by atoms with Crippen LogP contribution in [0.1, 0.15) is 45.4 Å². The molecule has 0 aliphatic carbocycles. The second kappa shape index (κ2) is 42.2. The smallest absolute Gasteiger partial charge is 0.320 e. The van der Waals surface area contributed by atoms with Gasteiger partial charge in [0.15, 0.2) is 12.6 Å². The van der Waals surface area contributed by atoms with Gasteiger partial charge in [0.25, 0.3) is 0 Å². The van der Waals surface area contributed by atoms with E-state index in [9.17, 15) is 120 Å². The summed E-state index contributed by atoms with van der Waals surface area (Å²) in [5.41, 5.74) is 0. The molecule has 2 aliphatic heterocycles. The van der Waals surface area contributed by atoms with Gasteiger partial charge in [-0.25, -0.2) is 0 Å². The predicted molar refractivity (Wildman–Crippen MR) is 300 cm³/mol. The maximum atomic E-state index is 12.6. The second-order valence-electron chi connectivity index (χ2n) is 22.0. The number of nitrogens with one attached hydrogen (secondary N) is 2. The zero-order valence-electron chi connectivity index (χ0n) is 50.1. The third-order valence-electron chi connectivity index (χ3n) is 14.6. The minimum absolute atomic E-state index is 0.0358. The Labute approximate surface area is 516 Å². The van der Waals surface area contributed by atoms with Gasteiger partial charge in [-0.15, -0.1) is 0 Å². The van der Waals surface area contributed by atoms with Crippen LogP contribution in [0.15, 0.2) is 0 Å². The van der Waals surface area contributed by atoms with Crippen molar-refractivity contribution in [1.29, 1.82) is 0 Å². The molecule has 2 aliphatic rings. The highest BCUT2D eigenvalue weighted by Gasteiger charge is 2.52. The summed E-state index contributed by atoms with van der Waals surface area (Å²) in [5, 5.41) is 189. The minimum Gasteiger partial charge on any atom is -0.480 e. The maximum Gasteiger partial charge on any atom is 0.320 e. The van der Waals surface area contributed by atoms with Crippen LogP contribution >= 0.6 is 0 Å². The summed E-state index contributed by atoms with van der Waals surface area (Å²) in [6.45, 7) is -5.77. The van der Waals surface area contributed by atoms with Crippen LogP contribution in [-0.4, -0.2) is 400 Å². The number of carboxylic acid groups (broad SMARTS) is 8. The molecule has 17 unspecified atom stereocenters. The molecule has 0 spiro atoms. The number of aliphatic hydroxyl groups excluding tert-OH is 10. The normalized spacial score (nSPS) is 24.6. The summed E-state index contributed by atoms with van der Waals surface area (Å²) in [5.74, 6) is -10.5. The van der Waals surface area contributed by atoms with Crippen LogP contribution in [0.5, 0.6) is 0 Å². The van der Waals surface area contributed by atoms with Gasteiger partial charge in [-0.3, -0.25) is 62.9 Å². The maximum absolute atomic E-state index is 12.6. The summed E-state index contributed by atoms with van der Waals surface area (Å²) in [6.07, 6.45) is -25.6. The number of hydrogen-bond donors (Lipinski definition) is 20. The van der Waals surface area contributed by atoms with E-state index < -0.39 is 211 Å². The average molecular weight is 1310 g/mol. The first kappa shape index (κ1) is 81.0. The molecular weight excluding hydrogens is 1220 g/mol. The Morgan fingerprint density at radius 3 is 1.40 bits per heavy atom. The van der Waals surface area contributed by atoms with E-state index in [1.165, 1.54) is 16.8 Å². The van der Waals surface area contributed by atoms with Gasteiger partial charge < -0.3 is 126 Å². The second-order valence-corrected chi connectivity index (χ2v) is 22.0. The number of carbonyl (C=O) groups is 8. The molecule has 20 N–H and O–H groups in total. The van der Waals surface area contributed by atoms with Gasteiger partial charge >= 0.3 is 47.8 Å². The number of aliphatic carboxylic acids is 8. The molecule has 0 aromatic heterocycles. The molecule has 0 aromatic rings. The zero-order valence-corrected chi connectivity index (χ0v) is 50.1. The highest BCUT2D eigenvalue weighted by molar-refractivity contribution is 5.75. The third kappa shape index (κ3) is 30.1. The zero-order chi connectivity index (χ0) is 67.9. The molecule has 38 heteroatoms. The van der Waals surface area contributed by atoms with E-state index in [4.69, 9.17) is 33.9 Å². The molecule has 2 heterocycles. The summed E-state index contributed by atoms with van der Waals surface area (Å²) < 4.78 is 28.7. The molecule has 2 saturated heterocycles. The fourth-order valence-electron chi connectivity index (χ4n) is 9.90. The lowest BCUT2D eigenvalue weighted by atomic mass is 9.96. The molecule has 17 atom stereocenters. The van der Waals surface area contributed by atoms with E-state index in [1.54, 1.807) is 0 Å². The van der Waals surface area contributed by atoms with Crippen molar-refractivity contribution in [3.8, 4) is 0 Å². The fourth-order valence-corrected chi connectivity index (χ4v) is 9.90. The van der Waals surface area contributed by atoms with Gasteiger partial charge in [-0.1, -0.05) is 12.8 Å². The van der Waals surface area contributed by atoms with E-state index >= 15 is 0 Å². The summed E-state index contributed by atoms with van der Waals surface area (Å²) in [7, 11) is 1.49. The standard InChI is InChI=1S/C52H93N7O31/c1-28(61)47(41(76)32(63)18-54-10-5-3-7-30(49(82)83)55(2)11-12-56(19-35(64)65)20-36(66)67)89-52-46(81)44(79)48(90-51-45(80)43(78)42(77)33(25-60)87-51)34(88-52)27-86-26-29(62)17-53-9-6-4-8-31(50(84)85)59(15-13-57(21-37(68)69)22-38(70)71)16-14-58(23-39(72)73)24-40(74)75/h28-34,41-48,51-54,60-63,76-81H,3-27H2,1-2H3,(H,64,65)(H,66,67)(H,68,69)(H,70,71)(H,72,73)(H,74,75)(H,82,83)(H,84,85). The van der Waals surface area contributed by atoms with Crippen LogP contribution in [0.4, 0.5) is 0 Å². The van der Waals surface area contributed by atoms with Gasteiger partial charge in [-0.2, -0.15) is 0 Å². The lowest BCUT2D eigenvalue weighted by molar-refractivity contribution is -0.368. The van der Waals surface area contributed by atoms with Crippen molar-refractivity contribution in [2.75, 3.05) is 132 Å². The molecule has 0 aromatic carbocycles. The Morgan fingerprint density at radius 1 is 0.522 bits per heavy atom. The van der Waals surface area contributed by atoms with Crippen LogP contribution in [0.25, 0.3) is 0 Å². The Morgan fingerprint density at radius 2 is 0.956 bits per heavy atom. The number of ether oxygens (including phenoxy) is 5. The SMILES string of the molecule is CC(O)C(OC1OC(COCC(O)CNCCCCC(C(=O)O)N(CCN(CC(=O)O)CC(=O)O)CCN(CC(=O)O)CC(=O)O)C(OC2OC(CO)C(O)C(O)C2O)C(O)C1O)C(O)C(O)CNCCCCC(C(=O)O)N(C)CCN(CC(=O)O)CC(=O)O. The summed E-state index contributed by atoms with van der Waals surface area (Å²) in [6, 6.07) is -2.31. The van der Waals surface area contributed by atoms with Crippen molar-refractivity contribution in [2.24, 2.45) is 0 Å². The van der Waals surface area contributed by atoms with Crippen LogP contribution in [-0.2, 0) is 62.0 Å². The number of aliphatic hydroxyl groups is 10. The first-order chi connectivity index (χ1) is 42.3. The highest BCUT2D eigenvalue weighted by Crippen LogP contribution is 2.31. The lowest BCUT2D eigenvalue weighted by Crippen LogP contribution is -2.65. The Bertz CT molecular complexity index is 2090. The van der Waals surface area contributed by atoms with Crippen molar-refractivity contribution in [3.63, 3.8) is 0 Å². The monoisotopic (exact) mass is 1310 g/mol. The first-order valence-electron chi connectivity index (χ1n) is 29.0. The number of hydrogen-bond acceptors (Lipinski definition) is 30. The topological polar surface area (TPSA) is 587 Å². The third-order valence-corrected chi connectivity index (χ3v) is 14.6. The Hall–Kier alpha value is -5.12. The molecular formula is C52H93N7O31. The van der Waals surface area contributed by atoms with Crippen LogP contribution in [0, 0.1) is 0 Å². The highest BCUT2D eigenvalue weighted by atomic mass is 16.7. The quantitative estimate of drug-likeness (QED) is 0.0252. The van der Waals surface area contributed by atoms with Crippen LogP contribution in [0.3, 0.4) is 0 Å². The van der Waals surface area contributed by atoms with Gasteiger partial charge in [-0.05, 0) is 52.7 Å².